The van der Waals surface area contributed by atoms with Crippen LogP contribution in [0.2, 0.25) is 0 Å². The number of phenolic OH excluding ortho intramolecular Hbond substituents is 1. The fourth-order valence-electron chi connectivity index (χ4n) is 2.91. The third-order valence-corrected chi connectivity index (χ3v) is 4.33. The molecule has 1 aromatic rings. The van der Waals surface area contributed by atoms with Crippen molar-refractivity contribution in [2.45, 2.75) is 39.0 Å². The second-order valence-corrected chi connectivity index (χ2v) is 6.48. The molecule has 7 heteroatoms. The number of rotatable bonds is 4. The van der Waals surface area contributed by atoms with Gasteiger partial charge in [0.05, 0.1) is 25.0 Å². The Bertz CT molecular complexity index is 810. The predicted molar refractivity (Wildman–Crippen MR) is 109 cm³/mol. The molecule has 1 aliphatic rings. The maximum Gasteiger partial charge on any atom is 0.346 e. The van der Waals surface area contributed by atoms with Crippen molar-refractivity contribution >= 4 is 17.7 Å². The molecule has 0 radical (unpaired) electrons. The van der Waals surface area contributed by atoms with Crippen molar-refractivity contribution in [3.63, 3.8) is 0 Å². The van der Waals surface area contributed by atoms with Gasteiger partial charge in [-0.15, -0.1) is 0 Å². The first-order chi connectivity index (χ1) is 14.0. The Labute approximate surface area is 170 Å². The van der Waals surface area contributed by atoms with E-state index in [1.165, 1.54) is 13.2 Å². The molecule has 0 unspecified atom stereocenters. The van der Waals surface area contributed by atoms with Gasteiger partial charge in [-0.25, -0.2) is 9.59 Å². The lowest BCUT2D eigenvalue weighted by atomic mass is 9.94. The summed E-state index contributed by atoms with van der Waals surface area (Å²) < 4.78 is 9.98. The summed E-state index contributed by atoms with van der Waals surface area (Å²) in [6.45, 7) is 1.88. The number of carbonyl (C=O) groups excluding carboxylic acids is 2. The zero-order chi connectivity index (χ0) is 21.1. The number of oxime groups is 1. The van der Waals surface area contributed by atoms with Crippen LogP contribution < -0.4 is 0 Å². The van der Waals surface area contributed by atoms with E-state index >= 15 is 0 Å². The van der Waals surface area contributed by atoms with E-state index in [-0.39, 0.29) is 25.4 Å². The van der Waals surface area contributed by atoms with E-state index in [1.807, 2.05) is 25.2 Å². The first-order valence-electron chi connectivity index (χ1n) is 9.64. The number of esters is 2. The van der Waals surface area contributed by atoms with Gasteiger partial charge in [0.15, 0.2) is 0 Å². The maximum absolute atomic E-state index is 12.7. The molecule has 1 aliphatic heterocycles. The number of allylic oxidation sites excluding steroid dienone is 3. The third kappa shape index (κ3) is 7.10. The molecular weight excluding hydrogens is 374 g/mol. The summed E-state index contributed by atoms with van der Waals surface area (Å²) in [5.74, 6) is -0.906. The van der Waals surface area contributed by atoms with Crippen LogP contribution in [0.3, 0.4) is 0 Å². The number of nitrogens with zero attached hydrogens (tertiary/aromatic N) is 1. The smallest absolute Gasteiger partial charge is 0.346 e. The van der Waals surface area contributed by atoms with Crippen LogP contribution in [0.5, 0.6) is 5.75 Å². The summed E-state index contributed by atoms with van der Waals surface area (Å²) in [7, 11) is 1.27. The summed E-state index contributed by atoms with van der Waals surface area (Å²) in [4.78, 5) is 29.1. The van der Waals surface area contributed by atoms with Gasteiger partial charge in [0.1, 0.15) is 5.75 Å². The molecule has 0 fully saturated rings. The average Bonchev–Trinajstić information content (AvgIpc) is 2.70. The molecule has 1 aromatic carbocycles. The molecule has 0 bridgehead atoms. The number of ether oxygens (including phenoxy) is 2. The third-order valence-electron chi connectivity index (χ3n) is 4.33. The molecule has 7 nitrogen and oxygen atoms in total. The number of aromatic hydroxyl groups is 1. The summed E-state index contributed by atoms with van der Waals surface area (Å²) >= 11 is 0. The van der Waals surface area contributed by atoms with E-state index in [9.17, 15) is 14.7 Å². The van der Waals surface area contributed by atoms with Crippen molar-refractivity contribution in [1.29, 1.82) is 0 Å². The van der Waals surface area contributed by atoms with Gasteiger partial charge in [-0.05, 0) is 55.0 Å². The molecule has 156 valence electrons. The average molecular weight is 401 g/mol. The molecule has 1 heterocycles. The van der Waals surface area contributed by atoms with Crippen molar-refractivity contribution in [3.8, 4) is 5.75 Å². The monoisotopic (exact) mass is 401 g/mol. The van der Waals surface area contributed by atoms with Gasteiger partial charge in [-0.1, -0.05) is 30.3 Å². The van der Waals surface area contributed by atoms with Crippen molar-refractivity contribution in [3.05, 3.63) is 53.1 Å². The molecule has 1 N–H and O–H groups in total. The molecule has 0 aromatic heterocycles. The lowest BCUT2D eigenvalue weighted by Gasteiger charge is -2.14. The Morgan fingerprint density at radius 1 is 1.21 bits per heavy atom. The lowest BCUT2D eigenvalue weighted by molar-refractivity contribution is -0.145. The Morgan fingerprint density at radius 2 is 1.97 bits per heavy atom. The van der Waals surface area contributed by atoms with Crippen LogP contribution in [0.1, 0.15) is 47.7 Å². The molecule has 0 amide bonds. The molecule has 0 saturated heterocycles. The van der Waals surface area contributed by atoms with Gasteiger partial charge in [-0.3, -0.25) is 0 Å². The van der Waals surface area contributed by atoms with E-state index in [0.29, 0.717) is 35.2 Å². The molecule has 0 spiro atoms. The number of carbonyl (C=O) groups is 2. The van der Waals surface area contributed by atoms with E-state index in [1.54, 1.807) is 12.1 Å². The van der Waals surface area contributed by atoms with Crippen LogP contribution in [0.4, 0.5) is 0 Å². The second kappa shape index (κ2) is 11.7. The number of methoxy groups -OCH3 is 1. The van der Waals surface area contributed by atoms with E-state index in [4.69, 9.17) is 9.57 Å². The van der Waals surface area contributed by atoms with Crippen LogP contribution in [-0.2, 0) is 31.9 Å². The Hall–Kier alpha value is -3.09. The first-order valence-corrected chi connectivity index (χ1v) is 9.64. The van der Waals surface area contributed by atoms with Crippen LogP contribution in [-0.4, -0.2) is 43.1 Å². The van der Waals surface area contributed by atoms with Gasteiger partial charge < -0.3 is 19.4 Å². The van der Waals surface area contributed by atoms with Gasteiger partial charge in [0.2, 0.25) is 6.61 Å². The van der Waals surface area contributed by atoms with Gasteiger partial charge in [0, 0.05) is 6.42 Å². The Morgan fingerprint density at radius 3 is 2.72 bits per heavy atom. The highest BCUT2D eigenvalue weighted by Crippen LogP contribution is 2.25. The summed E-state index contributed by atoms with van der Waals surface area (Å²) in [6, 6.07) is 3.11. The summed E-state index contributed by atoms with van der Waals surface area (Å²) in [5.41, 5.74) is 2.23. The predicted octanol–water partition coefficient (Wildman–Crippen LogP) is 3.50. The van der Waals surface area contributed by atoms with Crippen molar-refractivity contribution < 1.29 is 29.0 Å². The molecule has 0 saturated carbocycles. The maximum atomic E-state index is 12.7. The molecule has 0 aliphatic carbocycles. The Kier molecular flexibility index (Phi) is 8.95. The van der Waals surface area contributed by atoms with Crippen molar-refractivity contribution in [2.24, 2.45) is 5.16 Å². The lowest BCUT2D eigenvalue weighted by Crippen LogP contribution is -2.15. The normalized spacial score (nSPS) is 18.8. The zero-order valence-electron chi connectivity index (χ0n) is 16.8. The number of aryl methyl sites for hydroxylation is 1. The molecule has 0 atom stereocenters. The minimum absolute atomic E-state index is 0.0660. The number of fused-ring (bicyclic) bond motifs is 1. The van der Waals surface area contributed by atoms with E-state index in [2.05, 4.69) is 9.89 Å². The number of hydrogen-bond acceptors (Lipinski definition) is 7. The first kappa shape index (κ1) is 22.2. The van der Waals surface area contributed by atoms with Crippen molar-refractivity contribution in [2.75, 3.05) is 20.3 Å². The molecule has 2 rings (SSSR count). The summed E-state index contributed by atoms with van der Waals surface area (Å²) in [6.07, 6.45) is 10.9. The molecular formula is C22H27NO6. The Balaban J connectivity index is 2.41. The zero-order valence-corrected chi connectivity index (χ0v) is 16.8. The largest absolute Gasteiger partial charge is 0.508 e. The topological polar surface area (TPSA) is 94.4 Å². The highest BCUT2D eigenvalue weighted by molar-refractivity contribution is 6.00. The minimum Gasteiger partial charge on any atom is -0.508 e. The number of benzene rings is 1. The van der Waals surface area contributed by atoms with Gasteiger partial charge >= 0.3 is 11.9 Å². The fourth-order valence-corrected chi connectivity index (χ4v) is 2.91. The fraction of sp³-hybridized carbons (Fsp3) is 0.409. The van der Waals surface area contributed by atoms with Crippen LogP contribution in [0.25, 0.3) is 0 Å². The highest BCUT2D eigenvalue weighted by atomic mass is 16.6. The summed E-state index contributed by atoms with van der Waals surface area (Å²) in [5, 5.41) is 14.1. The van der Waals surface area contributed by atoms with E-state index < -0.39 is 11.9 Å². The SMILES string of the molecule is CCc1cc(O)cc2c1C(=O)OCC/C=C/CC/C=C/C(=N/OCC(=O)OC)C2. The van der Waals surface area contributed by atoms with Crippen molar-refractivity contribution in [1.82, 2.24) is 0 Å². The molecule has 29 heavy (non-hydrogen) atoms. The second-order valence-electron chi connectivity index (χ2n) is 6.48. The van der Waals surface area contributed by atoms with Gasteiger partial charge in [0.25, 0.3) is 0 Å². The van der Waals surface area contributed by atoms with Crippen LogP contribution in [0, 0.1) is 0 Å². The highest BCUT2D eigenvalue weighted by Gasteiger charge is 2.20. The van der Waals surface area contributed by atoms with Crippen LogP contribution >= 0.6 is 0 Å². The van der Waals surface area contributed by atoms with E-state index in [0.717, 1.165) is 12.8 Å². The minimum atomic E-state index is -0.542. The number of phenols is 1. The standard InChI is InChI=1S/C22H27NO6/c1-3-16-13-19(24)14-17-12-18(23-29-15-20(25)27-2)10-8-6-4-5-7-9-11-28-22(26)21(16)17/h5,7-8,10,13-14,24H,3-4,6,9,11-12,15H2,1-2H3/b7-5+,10-8+,23-18-. The number of cyclic esters (lactones) is 1. The number of hydrogen-bond donors (Lipinski definition) is 1. The van der Waals surface area contributed by atoms with Gasteiger partial charge in [-0.2, -0.15) is 0 Å². The van der Waals surface area contributed by atoms with Crippen LogP contribution in [0.15, 0.2) is 41.6 Å². The quantitative estimate of drug-likeness (QED) is 0.471.